The number of likely N-dealkylation sites (N-methyl/N-ethyl adjacent to an activating group) is 1. The predicted octanol–water partition coefficient (Wildman–Crippen LogP) is 3.96. The zero-order valence-electron chi connectivity index (χ0n) is 17.1. The molecule has 0 bridgehead atoms. The largest absolute Gasteiger partial charge is 0.339 e. The van der Waals surface area contributed by atoms with Gasteiger partial charge in [-0.2, -0.15) is 4.31 Å². The standard InChI is InChI=1S/C23H30N2O3S/c1-2-24(18-15-20-11-6-5-7-12-20)23(26)21-13-10-14-22(19-21)29(27,28)25-16-8-3-4-9-17-25/h5-7,10-14,19H,2-4,8-9,15-18H2,1H3. The number of sulfonamides is 1. The van der Waals surface area contributed by atoms with Gasteiger partial charge in [0.25, 0.3) is 5.91 Å². The third kappa shape index (κ3) is 5.46. The van der Waals surface area contributed by atoms with Crippen LogP contribution >= 0.6 is 0 Å². The van der Waals surface area contributed by atoms with Crippen molar-refractivity contribution in [2.75, 3.05) is 26.2 Å². The Bertz CT molecular complexity index is 905. The molecule has 3 rings (SSSR count). The summed E-state index contributed by atoms with van der Waals surface area (Å²) in [7, 11) is -3.57. The maximum Gasteiger partial charge on any atom is 0.253 e. The highest BCUT2D eigenvalue weighted by Crippen LogP contribution is 2.21. The summed E-state index contributed by atoms with van der Waals surface area (Å²) in [5.41, 5.74) is 1.60. The van der Waals surface area contributed by atoms with E-state index in [1.54, 1.807) is 27.4 Å². The van der Waals surface area contributed by atoms with Gasteiger partial charge >= 0.3 is 0 Å². The summed E-state index contributed by atoms with van der Waals surface area (Å²) in [6.45, 7) is 4.23. The van der Waals surface area contributed by atoms with Gasteiger partial charge in [-0.15, -0.1) is 0 Å². The summed E-state index contributed by atoms with van der Waals surface area (Å²) in [6, 6.07) is 16.6. The van der Waals surface area contributed by atoms with E-state index in [0.29, 0.717) is 31.7 Å². The summed E-state index contributed by atoms with van der Waals surface area (Å²) in [6.07, 6.45) is 4.68. The van der Waals surface area contributed by atoms with Crippen LogP contribution in [0.15, 0.2) is 59.5 Å². The first kappa shape index (κ1) is 21.5. The van der Waals surface area contributed by atoms with E-state index in [4.69, 9.17) is 0 Å². The molecule has 0 saturated carbocycles. The molecule has 1 heterocycles. The van der Waals surface area contributed by atoms with E-state index in [0.717, 1.165) is 32.1 Å². The number of carbonyl (C=O) groups is 1. The molecule has 0 unspecified atom stereocenters. The fourth-order valence-corrected chi connectivity index (χ4v) is 5.28. The molecule has 5 nitrogen and oxygen atoms in total. The van der Waals surface area contributed by atoms with E-state index in [-0.39, 0.29) is 10.8 Å². The molecule has 1 amide bonds. The van der Waals surface area contributed by atoms with Crippen molar-refractivity contribution in [3.8, 4) is 0 Å². The predicted molar refractivity (Wildman–Crippen MR) is 115 cm³/mol. The van der Waals surface area contributed by atoms with E-state index in [2.05, 4.69) is 0 Å². The van der Waals surface area contributed by atoms with Crippen LogP contribution in [0.3, 0.4) is 0 Å². The van der Waals surface area contributed by atoms with Crippen molar-refractivity contribution < 1.29 is 13.2 Å². The first-order valence-electron chi connectivity index (χ1n) is 10.5. The molecule has 1 aliphatic rings. The lowest BCUT2D eigenvalue weighted by atomic mass is 10.1. The Kier molecular flexibility index (Phi) is 7.45. The third-order valence-corrected chi connectivity index (χ3v) is 7.36. The second-order valence-corrected chi connectivity index (χ2v) is 9.40. The molecule has 2 aromatic carbocycles. The SMILES string of the molecule is CCN(CCc1ccccc1)C(=O)c1cccc(S(=O)(=O)N2CCCCCC2)c1. The van der Waals surface area contributed by atoms with Gasteiger partial charge in [0.1, 0.15) is 0 Å². The van der Waals surface area contributed by atoms with Gasteiger partial charge in [0.15, 0.2) is 0 Å². The molecule has 0 radical (unpaired) electrons. The second-order valence-electron chi connectivity index (χ2n) is 7.47. The van der Waals surface area contributed by atoms with E-state index >= 15 is 0 Å². The minimum Gasteiger partial charge on any atom is -0.339 e. The molecule has 0 aromatic heterocycles. The van der Waals surface area contributed by atoms with Crippen molar-refractivity contribution in [3.05, 3.63) is 65.7 Å². The first-order chi connectivity index (χ1) is 14.0. The molecule has 0 N–H and O–H groups in total. The molecular formula is C23H30N2O3S. The summed E-state index contributed by atoms with van der Waals surface area (Å²) in [5, 5.41) is 0. The van der Waals surface area contributed by atoms with E-state index in [1.807, 2.05) is 37.3 Å². The lowest BCUT2D eigenvalue weighted by molar-refractivity contribution is 0.0766. The highest BCUT2D eigenvalue weighted by atomic mass is 32.2. The fraction of sp³-hybridized carbons (Fsp3) is 0.435. The Labute approximate surface area is 174 Å². The number of hydrogen-bond donors (Lipinski definition) is 0. The number of hydrogen-bond acceptors (Lipinski definition) is 3. The van der Waals surface area contributed by atoms with Gasteiger partial charge < -0.3 is 4.90 Å². The minimum atomic E-state index is -3.57. The Morgan fingerprint density at radius 3 is 2.31 bits per heavy atom. The van der Waals surface area contributed by atoms with Crippen LogP contribution < -0.4 is 0 Å². The lowest BCUT2D eigenvalue weighted by Gasteiger charge is -2.22. The van der Waals surface area contributed by atoms with Crippen LogP contribution in [-0.4, -0.2) is 49.7 Å². The molecule has 1 aliphatic heterocycles. The highest BCUT2D eigenvalue weighted by molar-refractivity contribution is 7.89. The first-order valence-corrected chi connectivity index (χ1v) is 11.9. The van der Waals surface area contributed by atoms with E-state index < -0.39 is 10.0 Å². The van der Waals surface area contributed by atoms with Crippen LogP contribution in [0.25, 0.3) is 0 Å². The zero-order chi connectivity index (χ0) is 20.7. The Morgan fingerprint density at radius 1 is 0.966 bits per heavy atom. The lowest BCUT2D eigenvalue weighted by Crippen LogP contribution is -2.34. The van der Waals surface area contributed by atoms with Crippen molar-refractivity contribution in [3.63, 3.8) is 0 Å². The normalized spacial score (nSPS) is 15.6. The number of amides is 1. The molecule has 29 heavy (non-hydrogen) atoms. The van der Waals surface area contributed by atoms with Gasteiger partial charge in [-0.1, -0.05) is 49.2 Å². The van der Waals surface area contributed by atoms with Crippen molar-refractivity contribution in [1.29, 1.82) is 0 Å². The van der Waals surface area contributed by atoms with Gasteiger partial charge in [0, 0.05) is 31.7 Å². The maximum absolute atomic E-state index is 13.1. The maximum atomic E-state index is 13.1. The van der Waals surface area contributed by atoms with E-state index in [9.17, 15) is 13.2 Å². The van der Waals surface area contributed by atoms with Gasteiger partial charge in [-0.25, -0.2) is 8.42 Å². The molecule has 156 valence electrons. The van der Waals surface area contributed by atoms with Crippen LogP contribution in [0.4, 0.5) is 0 Å². The van der Waals surface area contributed by atoms with Crippen molar-refractivity contribution in [2.45, 2.75) is 43.9 Å². The fourth-order valence-electron chi connectivity index (χ4n) is 3.72. The molecule has 0 spiro atoms. The number of nitrogens with zero attached hydrogens (tertiary/aromatic N) is 2. The molecule has 6 heteroatoms. The number of carbonyl (C=O) groups excluding carboxylic acids is 1. The van der Waals surface area contributed by atoms with Gasteiger partial charge in [-0.05, 0) is 49.9 Å². The molecule has 1 fully saturated rings. The third-order valence-electron chi connectivity index (χ3n) is 5.47. The Balaban J connectivity index is 1.75. The van der Waals surface area contributed by atoms with Crippen LogP contribution in [0.5, 0.6) is 0 Å². The van der Waals surface area contributed by atoms with Crippen LogP contribution in [0, 0.1) is 0 Å². The zero-order valence-corrected chi connectivity index (χ0v) is 17.9. The van der Waals surface area contributed by atoms with Gasteiger partial charge in [0.2, 0.25) is 10.0 Å². The highest BCUT2D eigenvalue weighted by Gasteiger charge is 2.26. The quantitative estimate of drug-likeness (QED) is 0.689. The topological polar surface area (TPSA) is 57.7 Å². The molecule has 2 aromatic rings. The van der Waals surface area contributed by atoms with Crippen molar-refractivity contribution in [1.82, 2.24) is 9.21 Å². The molecule has 0 aliphatic carbocycles. The Hall–Kier alpha value is -2.18. The van der Waals surface area contributed by atoms with Crippen molar-refractivity contribution in [2.24, 2.45) is 0 Å². The van der Waals surface area contributed by atoms with E-state index in [1.165, 1.54) is 11.6 Å². The second kappa shape index (κ2) is 10.0. The molecule has 1 saturated heterocycles. The van der Waals surface area contributed by atoms with Gasteiger partial charge in [0.05, 0.1) is 4.90 Å². The average Bonchev–Trinajstić information content (AvgIpc) is 3.05. The smallest absolute Gasteiger partial charge is 0.253 e. The summed E-state index contributed by atoms with van der Waals surface area (Å²) < 4.78 is 27.7. The molecule has 0 atom stereocenters. The Morgan fingerprint density at radius 2 is 1.66 bits per heavy atom. The van der Waals surface area contributed by atoms with Gasteiger partial charge in [-0.3, -0.25) is 4.79 Å². The van der Waals surface area contributed by atoms with Crippen LogP contribution in [-0.2, 0) is 16.4 Å². The monoisotopic (exact) mass is 414 g/mol. The summed E-state index contributed by atoms with van der Waals surface area (Å²) in [5.74, 6) is -0.128. The number of benzene rings is 2. The van der Waals surface area contributed by atoms with Crippen LogP contribution in [0.1, 0.15) is 48.5 Å². The van der Waals surface area contributed by atoms with Crippen LogP contribution in [0.2, 0.25) is 0 Å². The van der Waals surface area contributed by atoms with Crippen molar-refractivity contribution >= 4 is 15.9 Å². The number of rotatable bonds is 7. The summed E-state index contributed by atoms with van der Waals surface area (Å²) in [4.78, 5) is 15.0. The molecular weight excluding hydrogens is 384 g/mol. The minimum absolute atomic E-state index is 0.128. The summed E-state index contributed by atoms with van der Waals surface area (Å²) >= 11 is 0. The average molecular weight is 415 g/mol.